The summed E-state index contributed by atoms with van der Waals surface area (Å²) in [5, 5.41) is 16.1. The van der Waals surface area contributed by atoms with Crippen LogP contribution in [0.5, 0.6) is 0 Å². The summed E-state index contributed by atoms with van der Waals surface area (Å²) in [4.78, 5) is 51.2. The van der Waals surface area contributed by atoms with Crippen molar-refractivity contribution in [1.82, 2.24) is 39.4 Å². The fraction of sp³-hybridized carbons (Fsp3) is 0.286. The molecule has 0 radical (unpaired) electrons. The average molecular weight is 1190 g/mol. The van der Waals surface area contributed by atoms with E-state index in [1.165, 1.54) is 42.8 Å². The van der Waals surface area contributed by atoms with Crippen molar-refractivity contribution in [2.75, 3.05) is 32.4 Å². The summed E-state index contributed by atoms with van der Waals surface area (Å²) in [6, 6.07) is 8.22. The molecule has 5 rings (SSSR count). The number of Topliss-reactive ketones (excluding diaryl/α,β-unsaturated/α-hetero) is 1. The SMILES string of the molecule is COC(=O)C(=O)CBr.COC(=O)c1cn2nc(Cl)cc(C(C)(C)C)c2n1.COC(=O)c1cn2nc(Cl)ccc2n1.I.II.Nc1ccc(Cl)nn1.O.[HH].[HH]. The lowest BCUT2D eigenvalue weighted by molar-refractivity contribution is -0.150. The number of esters is 3. The summed E-state index contributed by atoms with van der Waals surface area (Å²) in [6.07, 6.45) is 2.98. The highest BCUT2D eigenvalue weighted by Gasteiger charge is 2.22. The van der Waals surface area contributed by atoms with E-state index in [-0.39, 0.29) is 54.4 Å². The zero-order chi connectivity index (χ0) is 38.2. The second-order valence-electron chi connectivity index (χ2n) is 9.92. The molecule has 0 saturated heterocycles. The third-order valence-electron chi connectivity index (χ3n) is 5.47. The highest BCUT2D eigenvalue weighted by atomic mass is 128. The van der Waals surface area contributed by atoms with E-state index in [1.807, 2.05) is 20.8 Å². The van der Waals surface area contributed by atoms with Crippen LogP contribution in [0.2, 0.25) is 15.5 Å². The van der Waals surface area contributed by atoms with Crippen LogP contribution in [0.1, 0.15) is 50.2 Å². The number of fused-ring (bicyclic) bond motifs is 2. The van der Waals surface area contributed by atoms with E-state index in [9.17, 15) is 19.2 Å². The van der Waals surface area contributed by atoms with Gasteiger partial charge in [-0.1, -0.05) is 71.5 Å². The van der Waals surface area contributed by atoms with Gasteiger partial charge in [-0.15, -0.1) is 34.2 Å². The molecule has 0 saturated carbocycles. The Bertz CT molecular complexity index is 1890. The number of hydrogen-bond donors (Lipinski definition) is 1. The van der Waals surface area contributed by atoms with Gasteiger partial charge in [0.2, 0.25) is 5.78 Å². The Morgan fingerprint density at radius 2 is 1.35 bits per heavy atom. The van der Waals surface area contributed by atoms with Crippen molar-refractivity contribution < 1.29 is 41.7 Å². The lowest BCUT2D eigenvalue weighted by atomic mass is 9.88. The van der Waals surface area contributed by atoms with Gasteiger partial charge in [0.05, 0.1) is 39.1 Å². The van der Waals surface area contributed by atoms with Crippen molar-refractivity contribution in [3.8, 4) is 0 Å². The molecule has 0 atom stereocenters. The zero-order valence-electron chi connectivity index (χ0n) is 27.9. The molecule has 5 aromatic rings. The van der Waals surface area contributed by atoms with Crippen molar-refractivity contribution in [3.63, 3.8) is 0 Å². The first-order valence-corrected chi connectivity index (χ1v) is 21.9. The van der Waals surface area contributed by atoms with E-state index < -0.39 is 23.7 Å². The number of rotatable bonds is 4. The number of imidazole rings is 2. The van der Waals surface area contributed by atoms with Crippen LogP contribution < -0.4 is 5.73 Å². The van der Waals surface area contributed by atoms with Crippen LogP contribution in [0.15, 0.2) is 42.7 Å². The molecule has 0 aromatic carbocycles. The molecule has 0 aliphatic carbocycles. The van der Waals surface area contributed by atoms with Crippen molar-refractivity contribution in [1.29, 1.82) is 0 Å². The Hall–Kier alpha value is -2.30. The molecule has 24 heteroatoms. The van der Waals surface area contributed by atoms with Crippen molar-refractivity contribution in [2.24, 2.45) is 0 Å². The molecule has 0 unspecified atom stereocenters. The number of nitrogens with two attached hydrogens (primary N) is 1. The summed E-state index contributed by atoms with van der Waals surface area (Å²) in [5.74, 6) is -1.97. The maximum Gasteiger partial charge on any atom is 0.375 e. The molecule has 4 N–H and O–H groups in total. The summed E-state index contributed by atoms with van der Waals surface area (Å²) in [7, 11) is 3.78. The Kier molecular flexibility index (Phi) is 25.6. The molecule has 0 aliphatic heterocycles. The molecule has 290 valence electrons. The molecule has 5 heterocycles. The first-order chi connectivity index (χ1) is 23.5. The van der Waals surface area contributed by atoms with Gasteiger partial charge < -0.3 is 25.4 Å². The number of ketones is 1. The number of carbonyl (C=O) groups is 4. The summed E-state index contributed by atoms with van der Waals surface area (Å²) in [5.41, 5.74) is 7.58. The number of methoxy groups -OCH3 is 3. The average Bonchev–Trinajstić information content (AvgIpc) is 3.73. The highest BCUT2D eigenvalue weighted by molar-refractivity contribution is 15.0. The quantitative estimate of drug-likeness (QED) is 0.0662. The van der Waals surface area contributed by atoms with Crippen LogP contribution in [0.25, 0.3) is 11.3 Å². The number of aromatic nitrogens is 8. The van der Waals surface area contributed by atoms with Gasteiger partial charge in [0, 0.05) is 45.6 Å². The van der Waals surface area contributed by atoms with Gasteiger partial charge in [-0.3, -0.25) is 4.79 Å². The minimum atomic E-state index is -0.804. The minimum absolute atomic E-state index is 0. The molecule has 52 heavy (non-hydrogen) atoms. The number of ether oxygens (including phenoxy) is 3. The highest BCUT2D eigenvalue weighted by Crippen LogP contribution is 2.27. The zero-order valence-corrected chi connectivity index (χ0v) is 38.4. The summed E-state index contributed by atoms with van der Waals surface area (Å²) in [6.45, 7) is 6.14. The number of halogens is 7. The van der Waals surface area contributed by atoms with E-state index >= 15 is 0 Å². The number of hydrogen-bond acceptors (Lipinski definition) is 14. The molecular formula is C28H36BrCl3I3N9O8. The van der Waals surface area contributed by atoms with Crippen LogP contribution in [-0.2, 0) is 29.2 Å². The third kappa shape index (κ3) is 16.8. The molecule has 17 nitrogen and oxygen atoms in total. The fourth-order valence-electron chi connectivity index (χ4n) is 3.26. The molecule has 0 bridgehead atoms. The monoisotopic (exact) mass is 1190 g/mol. The van der Waals surface area contributed by atoms with Crippen molar-refractivity contribution in [2.45, 2.75) is 26.2 Å². The van der Waals surface area contributed by atoms with Gasteiger partial charge in [-0.2, -0.15) is 10.2 Å². The van der Waals surface area contributed by atoms with Gasteiger partial charge in [0.1, 0.15) is 16.1 Å². The summed E-state index contributed by atoms with van der Waals surface area (Å²) >= 11 is 24.1. The lowest BCUT2D eigenvalue weighted by Crippen LogP contribution is -2.15. The van der Waals surface area contributed by atoms with Crippen molar-refractivity contribution >= 4 is 153 Å². The molecule has 0 fully saturated rings. The second kappa shape index (κ2) is 25.7. The topological polar surface area (TPSA) is 240 Å². The predicted molar refractivity (Wildman–Crippen MR) is 231 cm³/mol. The maximum atomic E-state index is 11.5. The third-order valence-corrected chi connectivity index (χ3v) is 6.56. The van der Waals surface area contributed by atoms with Gasteiger partial charge in [0.15, 0.2) is 27.8 Å². The smallest absolute Gasteiger partial charge is 0.375 e. The van der Waals surface area contributed by atoms with Gasteiger partial charge in [-0.25, -0.2) is 33.4 Å². The first kappa shape index (κ1) is 51.8. The number of carbonyl (C=O) groups excluding carboxylic acids is 4. The Morgan fingerprint density at radius 1 is 0.827 bits per heavy atom. The molecule has 0 amide bonds. The minimum Gasteiger partial charge on any atom is -0.464 e. The largest absolute Gasteiger partial charge is 0.464 e. The molecular weight excluding hydrogens is 1160 g/mol. The van der Waals surface area contributed by atoms with Crippen LogP contribution >= 0.6 is 112 Å². The number of anilines is 1. The molecule has 0 spiro atoms. The van der Waals surface area contributed by atoms with E-state index in [0.717, 1.165) is 5.56 Å². The van der Waals surface area contributed by atoms with E-state index in [4.69, 9.17) is 40.5 Å². The predicted octanol–water partition coefficient (Wildman–Crippen LogP) is 6.53. The van der Waals surface area contributed by atoms with Crippen LogP contribution in [0, 0.1) is 0 Å². The van der Waals surface area contributed by atoms with Gasteiger partial charge >= 0.3 is 17.9 Å². The maximum absolute atomic E-state index is 11.5. The van der Waals surface area contributed by atoms with Crippen molar-refractivity contribution in [3.05, 3.63) is 75.1 Å². The number of alkyl halides is 1. The van der Waals surface area contributed by atoms with Crippen LogP contribution in [-0.4, -0.2) is 95.2 Å². The number of nitrogens with zero attached hydrogens (tertiary/aromatic N) is 8. The van der Waals surface area contributed by atoms with Gasteiger partial charge in [0.25, 0.3) is 0 Å². The Labute approximate surface area is 364 Å². The fourth-order valence-corrected chi connectivity index (χ4v) is 3.92. The van der Waals surface area contributed by atoms with Crippen LogP contribution in [0.4, 0.5) is 5.82 Å². The van der Waals surface area contributed by atoms with Gasteiger partial charge in [-0.05, 0) is 35.7 Å². The second-order valence-corrected chi connectivity index (χ2v) is 11.6. The normalized spacial score (nSPS) is 9.69. The van der Waals surface area contributed by atoms with E-state index in [0.29, 0.717) is 32.6 Å². The molecule has 5 aromatic heterocycles. The van der Waals surface area contributed by atoms with Crippen LogP contribution in [0.3, 0.4) is 0 Å². The standard InChI is InChI=1S/C12H14ClN3O2.C8H6ClN3O2.C4H5BrO3.C4H4ClN3.I2.HI.H2O.2H2/c1-12(2,3)7-5-9(13)15-16-6-8(11(17)18-4)14-10(7)16;1-14-8(13)5-4-12-7(10-5)3-2-6(9)11-12;1-8-4(7)3(6)2-5;5-3-1-2-4(6)8-7-3;1-2;;;;/h5-6H,1-4H3;2-4H,1H3;2H2,1H3;1-2H,(H2,6,8);;1H;1H2;2*1H. The lowest BCUT2D eigenvalue weighted by Gasteiger charge is -2.19. The summed E-state index contributed by atoms with van der Waals surface area (Å²) < 4.78 is 16.2. The Morgan fingerprint density at radius 3 is 1.79 bits per heavy atom. The van der Waals surface area contributed by atoms with E-state index in [1.54, 1.807) is 30.3 Å². The Balaban J connectivity index is -0.000000312. The molecule has 0 aliphatic rings. The first-order valence-electron chi connectivity index (χ1n) is 13.4. The number of nitrogen functional groups attached to an aromatic ring is 1. The van der Waals surface area contributed by atoms with E-state index in [2.05, 4.69) is 97.7 Å².